The van der Waals surface area contributed by atoms with Gasteiger partial charge in [-0.25, -0.2) is 0 Å². The Morgan fingerprint density at radius 3 is 2.78 bits per heavy atom. The van der Waals surface area contributed by atoms with Crippen molar-refractivity contribution in [3.63, 3.8) is 0 Å². The van der Waals surface area contributed by atoms with Crippen LogP contribution >= 0.6 is 15.9 Å². The molecule has 98 valence electrons. The quantitative estimate of drug-likeness (QED) is 0.616. The van der Waals surface area contributed by atoms with Gasteiger partial charge in [0.2, 0.25) is 5.91 Å². The Hall–Kier alpha value is -1.47. The van der Waals surface area contributed by atoms with Gasteiger partial charge in [-0.1, -0.05) is 15.9 Å². The van der Waals surface area contributed by atoms with Gasteiger partial charge >= 0.3 is 0 Å². The van der Waals surface area contributed by atoms with Crippen molar-refractivity contribution in [3.05, 3.63) is 38.3 Å². The number of hydrogen-bond donors (Lipinski definition) is 2. The summed E-state index contributed by atoms with van der Waals surface area (Å²) in [6.07, 6.45) is 0.255. The minimum atomic E-state index is -0.447. The first-order valence-corrected chi connectivity index (χ1v) is 6.14. The first kappa shape index (κ1) is 14.6. The number of nitrogens with two attached hydrogens (primary N) is 1. The third-order valence-corrected chi connectivity index (χ3v) is 3.13. The van der Waals surface area contributed by atoms with Gasteiger partial charge in [0.25, 0.3) is 5.69 Å². The second kappa shape index (κ2) is 6.46. The molecule has 0 fully saturated rings. The van der Waals surface area contributed by atoms with Gasteiger partial charge in [0.1, 0.15) is 0 Å². The SMILES string of the molecule is CC(CC(N)=O)NCc1ccc([N+](=O)[O-])cc1Br. The molecule has 0 spiro atoms. The number of primary amides is 1. The van der Waals surface area contributed by atoms with Crippen molar-refractivity contribution in [2.24, 2.45) is 5.73 Å². The maximum atomic E-state index is 10.7. The van der Waals surface area contributed by atoms with E-state index in [4.69, 9.17) is 5.73 Å². The second-order valence-corrected chi connectivity index (χ2v) is 4.84. The van der Waals surface area contributed by atoms with Crippen LogP contribution in [-0.2, 0) is 11.3 Å². The molecule has 0 bridgehead atoms. The third-order valence-electron chi connectivity index (χ3n) is 2.40. The zero-order chi connectivity index (χ0) is 13.7. The molecule has 3 N–H and O–H groups in total. The second-order valence-electron chi connectivity index (χ2n) is 3.99. The molecule has 0 heterocycles. The molecule has 0 aliphatic heterocycles. The summed E-state index contributed by atoms with van der Waals surface area (Å²) in [4.78, 5) is 20.8. The number of nitrogens with zero attached hydrogens (tertiary/aromatic N) is 1. The molecule has 0 saturated carbocycles. The predicted octanol–water partition coefficient (Wildman–Crippen LogP) is 1.71. The number of nitrogens with one attached hydrogen (secondary N) is 1. The summed E-state index contributed by atoms with van der Waals surface area (Å²) in [5.41, 5.74) is 6.01. The highest BCUT2D eigenvalue weighted by Gasteiger charge is 2.10. The maximum Gasteiger partial charge on any atom is 0.270 e. The van der Waals surface area contributed by atoms with Crippen LogP contribution in [0.25, 0.3) is 0 Å². The van der Waals surface area contributed by atoms with Gasteiger partial charge in [-0.3, -0.25) is 14.9 Å². The Labute approximate surface area is 113 Å². The van der Waals surface area contributed by atoms with Gasteiger partial charge in [0.05, 0.1) is 4.92 Å². The number of non-ortho nitro benzene ring substituents is 1. The summed E-state index contributed by atoms with van der Waals surface area (Å²) in [5, 5.41) is 13.7. The number of carbonyl (C=O) groups is 1. The van der Waals surface area contributed by atoms with Crippen LogP contribution in [0.5, 0.6) is 0 Å². The van der Waals surface area contributed by atoms with E-state index in [0.717, 1.165) is 5.56 Å². The Balaban J connectivity index is 2.63. The van der Waals surface area contributed by atoms with E-state index in [9.17, 15) is 14.9 Å². The van der Waals surface area contributed by atoms with Gasteiger partial charge in [0.15, 0.2) is 0 Å². The van der Waals surface area contributed by atoms with E-state index >= 15 is 0 Å². The number of hydrogen-bond acceptors (Lipinski definition) is 4. The standard InChI is InChI=1S/C11H14BrN3O3/c1-7(4-11(13)16)14-6-8-2-3-9(15(17)18)5-10(8)12/h2-3,5,7,14H,4,6H2,1H3,(H2,13,16). The molecular weight excluding hydrogens is 302 g/mol. The van der Waals surface area contributed by atoms with Crippen LogP contribution < -0.4 is 11.1 Å². The first-order valence-electron chi connectivity index (χ1n) is 5.34. The highest BCUT2D eigenvalue weighted by molar-refractivity contribution is 9.10. The smallest absolute Gasteiger partial charge is 0.270 e. The average Bonchev–Trinajstić information content (AvgIpc) is 2.26. The van der Waals surface area contributed by atoms with Crippen LogP contribution in [0.3, 0.4) is 0 Å². The van der Waals surface area contributed by atoms with Crippen molar-refractivity contribution in [1.82, 2.24) is 5.32 Å². The fourth-order valence-corrected chi connectivity index (χ4v) is 1.96. The molecule has 1 amide bonds. The molecule has 0 aliphatic carbocycles. The topological polar surface area (TPSA) is 98.3 Å². The monoisotopic (exact) mass is 315 g/mol. The number of carbonyl (C=O) groups excluding carboxylic acids is 1. The van der Waals surface area contributed by atoms with E-state index in [-0.39, 0.29) is 24.1 Å². The van der Waals surface area contributed by atoms with Crippen LogP contribution in [0, 0.1) is 10.1 Å². The zero-order valence-electron chi connectivity index (χ0n) is 9.85. The van der Waals surface area contributed by atoms with Gasteiger partial charge in [-0.15, -0.1) is 0 Å². The van der Waals surface area contributed by atoms with Crippen LogP contribution in [-0.4, -0.2) is 16.9 Å². The molecule has 18 heavy (non-hydrogen) atoms. The normalized spacial score (nSPS) is 12.1. The van der Waals surface area contributed by atoms with E-state index in [2.05, 4.69) is 21.2 Å². The highest BCUT2D eigenvalue weighted by atomic mass is 79.9. The minimum absolute atomic E-state index is 0.0374. The molecule has 0 aromatic heterocycles. The van der Waals surface area contributed by atoms with E-state index in [0.29, 0.717) is 11.0 Å². The molecule has 1 aromatic carbocycles. The maximum absolute atomic E-state index is 10.7. The predicted molar refractivity (Wildman–Crippen MR) is 70.9 cm³/mol. The molecule has 0 saturated heterocycles. The third kappa shape index (κ3) is 4.42. The minimum Gasteiger partial charge on any atom is -0.370 e. The molecule has 1 aromatic rings. The zero-order valence-corrected chi connectivity index (χ0v) is 11.4. The van der Waals surface area contributed by atoms with Crippen molar-refractivity contribution < 1.29 is 9.72 Å². The molecule has 7 heteroatoms. The molecule has 1 rings (SSSR count). The molecular formula is C11H14BrN3O3. The number of halogens is 1. The van der Waals surface area contributed by atoms with Gasteiger partial charge in [-0.05, 0) is 18.6 Å². The largest absolute Gasteiger partial charge is 0.370 e. The molecule has 1 unspecified atom stereocenters. The van der Waals surface area contributed by atoms with Crippen LogP contribution in [0.2, 0.25) is 0 Å². The van der Waals surface area contributed by atoms with Gasteiger partial charge in [-0.2, -0.15) is 0 Å². The van der Waals surface area contributed by atoms with E-state index in [1.807, 2.05) is 6.92 Å². The molecule has 0 radical (unpaired) electrons. The Kier molecular flexibility index (Phi) is 5.24. The highest BCUT2D eigenvalue weighted by Crippen LogP contribution is 2.22. The van der Waals surface area contributed by atoms with Gasteiger partial charge < -0.3 is 11.1 Å². The lowest BCUT2D eigenvalue weighted by molar-refractivity contribution is -0.384. The number of nitro benzene ring substituents is 1. The first-order chi connectivity index (χ1) is 8.40. The molecule has 1 atom stereocenters. The van der Waals surface area contributed by atoms with Crippen LogP contribution in [0.4, 0.5) is 5.69 Å². The van der Waals surface area contributed by atoms with Crippen molar-refractivity contribution >= 4 is 27.5 Å². The van der Waals surface area contributed by atoms with Crippen molar-refractivity contribution in [3.8, 4) is 0 Å². The van der Waals surface area contributed by atoms with E-state index in [1.165, 1.54) is 12.1 Å². The number of benzene rings is 1. The van der Waals surface area contributed by atoms with Crippen LogP contribution in [0.1, 0.15) is 18.9 Å². The number of amides is 1. The van der Waals surface area contributed by atoms with E-state index in [1.54, 1.807) is 6.07 Å². The van der Waals surface area contributed by atoms with Gasteiger partial charge in [0, 0.05) is 35.6 Å². The fourth-order valence-electron chi connectivity index (χ4n) is 1.45. The number of rotatable bonds is 6. The Bertz CT molecular complexity index is 465. The fraction of sp³-hybridized carbons (Fsp3) is 0.364. The van der Waals surface area contributed by atoms with Crippen molar-refractivity contribution in [2.75, 3.05) is 0 Å². The van der Waals surface area contributed by atoms with E-state index < -0.39 is 4.92 Å². The summed E-state index contributed by atoms with van der Waals surface area (Å²) in [5.74, 6) is -0.363. The lowest BCUT2D eigenvalue weighted by atomic mass is 10.1. The lowest BCUT2D eigenvalue weighted by Crippen LogP contribution is -2.30. The summed E-state index contributed by atoms with van der Waals surface area (Å²) in [6, 6.07) is 4.53. The Morgan fingerprint density at radius 2 is 2.28 bits per heavy atom. The van der Waals surface area contributed by atoms with Crippen LogP contribution in [0.15, 0.2) is 22.7 Å². The summed E-state index contributed by atoms with van der Waals surface area (Å²) >= 11 is 3.28. The summed E-state index contributed by atoms with van der Waals surface area (Å²) in [7, 11) is 0. The summed E-state index contributed by atoms with van der Waals surface area (Å²) in [6.45, 7) is 2.36. The summed E-state index contributed by atoms with van der Waals surface area (Å²) < 4.78 is 0.662. The Morgan fingerprint density at radius 1 is 1.61 bits per heavy atom. The molecule has 0 aliphatic rings. The van der Waals surface area contributed by atoms with Crippen molar-refractivity contribution in [1.29, 1.82) is 0 Å². The van der Waals surface area contributed by atoms with Crippen molar-refractivity contribution in [2.45, 2.75) is 25.9 Å². The molecule has 6 nitrogen and oxygen atoms in total. The lowest BCUT2D eigenvalue weighted by Gasteiger charge is -2.12. The number of nitro groups is 1. The average molecular weight is 316 g/mol.